The summed E-state index contributed by atoms with van der Waals surface area (Å²) in [5, 5.41) is 16.5. The van der Waals surface area contributed by atoms with Gasteiger partial charge in [-0.05, 0) is 18.2 Å². The molecule has 110 valence electrons. The molecule has 2 aromatic rings. The van der Waals surface area contributed by atoms with E-state index in [1.54, 1.807) is 10.9 Å². The molecular weight excluding hydrogens is 282 g/mol. The summed E-state index contributed by atoms with van der Waals surface area (Å²) in [4.78, 5) is 13.5. The highest BCUT2D eigenvalue weighted by atomic mass is 19.1. The molecule has 1 fully saturated rings. The van der Waals surface area contributed by atoms with Gasteiger partial charge in [0.2, 0.25) is 0 Å². The van der Waals surface area contributed by atoms with Gasteiger partial charge in [-0.3, -0.25) is 4.79 Å². The molecular formula is C13H12F2N4O2. The topological polar surface area (TPSA) is 71.2 Å². The van der Waals surface area contributed by atoms with E-state index < -0.39 is 17.5 Å². The molecule has 6 nitrogen and oxygen atoms in total. The van der Waals surface area contributed by atoms with Crippen LogP contribution in [-0.4, -0.2) is 44.0 Å². The molecule has 0 radical (unpaired) electrons. The minimum Gasteiger partial charge on any atom is -0.390 e. The Morgan fingerprint density at radius 1 is 1.38 bits per heavy atom. The fourth-order valence-electron chi connectivity index (χ4n) is 2.18. The molecule has 2 heterocycles. The normalized spacial score (nSPS) is 15.1. The van der Waals surface area contributed by atoms with E-state index in [1.165, 1.54) is 4.90 Å². The highest BCUT2D eigenvalue weighted by Gasteiger charge is 2.34. The second-order valence-electron chi connectivity index (χ2n) is 4.84. The lowest BCUT2D eigenvalue weighted by Crippen LogP contribution is -2.51. The molecule has 1 aliphatic heterocycles. The Morgan fingerprint density at radius 3 is 2.81 bits per heavy atom. The summed E-state index contributed by atoms with van der Waals surface area (Å²) in [6.07, 6.45) is 1.59. The number of hydrogen-bond donors (Lipinski definition) is 1. The van der Waals surface area contributed by atoms with Gasteiger partial charge in [-0.1, -0.05) is 5.21 Å². The molecule has 0 atom stereocenters. The van der Waals surface area contributed by atoms with Crippen molar-refractivity contribution >= 4 is 5.91 Å². The Labute approximate surface area is 118 Å². The Morgan fingerprint density at radius 2 is 2.14 bits per heavy atom. The first-order chi connectivity index (χ1) is 10.1. The minimum atomic E-state index is -0.742. The zero-order valence-corrected chi connectivity index (χ0v) is 10.9. The van der Waals surface area contributed by atoms with Crippen molar-refractivity contribution in [2.75, 3.05) is 13.1 Å². The van der Waals surface area contributed by atoms with Crippen molar-refractivity contribution in [3.05, 3.63) is 47.3 Å². The SMILES string of the molecule is O=C(c1cc(F)ccc1F)N1CC(n2cc(CO)nn2)C1. The number of aliphatic hydroxyl groups excluding tert-OH is 1. The van der Waals surface area contributed by atoms with E-state index in [4.69, 9.17) is 5.11 Å². The van der Waals surface area contributed by atoms with Gasteiger partial charge in [-0.2, -0.15) is 0 Å². The van der Waals surface area contributed by atoms with E-state index in [0.717, 1.165) is 18.2 Å². The van der Waals surface area contributed by atoms with E-state index >= 15 is 0 Å². The zero-order chi connectivity index (χ0) is 15.0. The number of rotatable bonds is 3. The maximum atomic E-state index is 13.5. The summed E-state index contributed by atoms with van der Waals surface area (Å²) in [5.74, 6) is -1.94. The van der Waals surface area contributed by atoms with Gasteiger partial charge in [-0.25, -0.2) is 13.5 Å². The highest BCUT2D eigenvalue weighted by Crippen LogP contribution is 2.23. The largest absolute Gasteiger partial charge is 0.390 e. The minimum absolute atomic E-state index is 0.0710. The molecule has 1 aromatic carbocycles. The molecule has 0 unspecified atom stereocenters. The first-order valence-electron chi connectivity index (χ1n) is 6.34. The first kappa shape index (κ1) is 13.6. The third-order valence-electron chi connectivity index (χ3n) is 3.40. The fraction of sp³-hybridized carbons (Fsp3) is 0.308. The van der Waals surface area contributed by atoms with Gasteiger partial charge in [0.25, 0.3) is 5.91 Å². The van der Waals surface area contributed by atoms with Gasteiger partial charge in [0, 0.05) is 13.1 Å². The predicted octanol–water partition coefficient (Wildman–Crippen LogP) is 0.746. The van der Waals surface area contributed by atoms with E-state index in [0.29, 0.717) is 18.8 Å². The Hall–Kier alpha value is -2.35. The first-order valence-corrected chi connectivity index (χ1v) is 6.34. The van der Waals surface area contributed by atoms with E-state index in [-0.39, 0.29) is 18.2 Å². The lowest BCUT2D eigenvalue weighted by molar-refractivity contribution is 0.0493. The van der Waals surface area contributed by atoms with Crippen LogP contribution in [0, 0.1) is 11.6 Å². The third kappa shape index (κ3) is 2.49. The Kier molecular flexibility index (Phi) is 3.38. The van der Waals surface area contributed by atoms with Crippen LogP contribution in [0.15, 0.2) is 24.4 Å². The van der Waals surface area contributed by atoms with E-state index in [9.17, 15) is 13.6 Å². The van der Waals surface area contributed by atoms with Gasteiger partial charge in [0.1, 0.15) is 17.3 Å². The number of benzene rings is 1. The van der Waals surface area contributed by atoms with Gasteiger partial charge < -0.3 is 10.0 Å². The van der Waals surface area contributed by atoms with Gasteiger partial charge >= 0.3 is 0 Å². The summed E-state index contributed by atoms with van der Waals surface area (Å²) >= 11 is 0. The monoisotopic (exact) mass is 294 g/mol. The summed E-state index contributed by atoms with van der Waals surface area (Å²) in [6, 6.07) is 2.73. The van der Waals surface area contributed by atoms with Gasteiger partial charge in [-0.15, -0.1) is 5.10 Å². The number of carbonyl (C=O) groups is 1. The van der Waals surface area contributed by atoms with Crippen molar-refractivity contribution in [1.29, 1.82) is 0 Å². The Balaban J connectivity index is 1.68. The fourth-order valence-corrected chi connectivity index (χ4v) is 2.18. The van der Waals surface area contributed by atoms with Crippen molar-refractivity contribution in [3.8, 4) is 0 Å². The van der Waals surface area contributed by atoms with Crippen molar-refractivity contribution in [3.63, 3.8) is 0 Å². The van der Waals surface area contributed by atoms with Gasteiger partial charge in [0.05, 0.1) is 24.4 Å². The average Bonchev–Trinajstić information content (AvgIpc) is 2.88. The van der Waals surface area contributed by atoms with Crippen LogP contribution >= 0.6 is 0 Å². The van der Waals surface area contributed by atoms with E-state index in [1.807, 2.05) is 0 Å². The maximum Gasteiger partial charge on any atom is 0.257 e. The lowest BCUT2D eigenvalue weighted by Gasteiger charge is -2.38. The molecule has 1 N–H and O–H groups in total. The van der Waals surface area contributed by atoms with Gasteiger partial charge in [0.15, 0.2) is 0 Å². The smallest absolute Gasteiger partial charge is 0.257 e. The molecule has 0 bridgehead atoms. The summed E-state index contributed by atoms with van der Waals surface area (Å²) < 4.78 is 28.2. The summed E-state index contributed by atoms with van der Waals surface area (Å²) in [6.45, 7) is 0.468. The summed E-state index contributed by atoms with van der Waals surface area (Å²) in [7, 11) is 0. The average molecular weight is 294 g/mol. The standard InChI is InChI=1S/C13H12F2N4O2/c14-8-1-2-12(15)11(3-8)13(21)18-5-10(6-18)19-4-9(7-20)16-17-19/h1-4,10,20H,5-7H2. The molecule has 8 heteroatoms. The molecule has 1 aliphatic rings. The highest BCUT2D eigenvalue weighted by molar-refractivity contribution is 5.95. The molecule has 1 saturated heterocycles. The molecule has 0 saturated carbocycles. The molecule has 1 aromatic heterocycles. The van der Waals surface area contributed by atoms with Crippen LogP contribution in [0.1, 0.15) is 22.1 Å². The van der Waals surface area contributed by atoms with Crippen molar-refractivity contribution in [2.24, 2.45) is 0 Å². The molecule has 3 rings (SSSR count). The van der Waals surface area contributed by atoms with Crippen LogP contribution < -0.4 is 0 Å². The number of amides is 1. The van der Waals surface area contributed by atoms with Crippen LogP contribution in [0.4, 0.5) is 8.78 Å². The molecule has 1 amide bonds. The number of aromatic nitrogens is 3. The van der Waals surface area contributed by atoms with Crippen molar-refractivity contribution < 1.29 is 18.7 Å². The van der Waals surface area contributed by atoms with E-state index in [2.05, 4.69) is 10.3 Å². The summed E-state index contributed by atoms with van der Waals surface area (Å²) in [5.41, 5.74) is 0.166. The third-order valence-corrected chi connectivity index (χ3v) is 3.40. The number of halogens is 2. The lowest BCUT2D eigenvalue weighted by atomic mass is 10.1. The van der Waals surface area contributed by atoms with Crippen LogP contribution in [0.25, 0.3) is 0 Å². The predicted molar refractivity (Wildman–Crippen MR) is 67.2 cm³/mol. The quantitative estimate of drug-likeness (QED) is 0.906. The van der Waals surface area contributed by atoms with Crippen LogP contribution in [0.5, 0.6) is 0 Å². The van der Waals surface area contributed by atoms with Crippen molar-refractivity contribution in [2.45, 2.75) is 12.6 Å². The number of carbonyl (C=O) groups excluding carboxylic acids is 1. The number of aliphatic hydroxyl groups is 1. The van der Waals surface area contributed by atoms with Crippen molar-refractivity contribution in [1.82, 2.24) is 19.9 Å². The van der Waals surface area contributed by atoms with Crippen LogP contribution in [0.2, 0.25) is 0 Å². The second-order valence-corrected chi connectivity index (χ2v) is 4.84. The maximum absolute atomic E-state index is 13.5. The Bertz CT molecular complexity index is 683. The number of hydrogen-bond acceptors (Lipinski definition) is 4. The number of likely N-dealkylation sites (tertiary alicyclic amines) is 1. The molecule has 0 spiro atoms. The molecule has 0 aliphatic carbocycles. The molecule has 21 heavy (non-hydrogen) atoms. The number of nitrogens with zero attached hydrogens (tertiary/aromatic N) is 4. The second kappa shape index (κ2) is 5.21. The van der Waals surface area contributed by atoms with Crippen LogP contribution in [-0.2, 0) is 6.61 Å². The van der Waals surface area contributed by atoms with Crippen LogP contribution in [0.3, 0.4) is 0 Å². The zero-order valence-electron chi connectivity index (χ0n) is 10.9.